The van der Waals surface area contributed by atoms with Crippen molar-refractivity contribution in [2.45, 2.75) is 4.90 Å². The lowest BCUT2D eigenvalue weighted by Crippen LogP contribution is -2.22. The van der Waals surface area contributed by atoms with Crippen molar-refractivity contribution >= 4 is 15.7 Å². The van der Waals surface area contributed by atoms with Gasteiger partial charge in [-0.05, 0) is 36.4 Å². The number of hydrogen-bond donors (Lipinski definition) is 1. The van der Waals surface area contributed by atoms with Crippen LogP contribution in [0.1, 0.15) is 0 Å². The molecule has 0 unspecified atom stereocenters. The normalized spacial score (nSPS) is 11.4. The van der Waals surface area contributed by atoms with Crippen LogP contribution in [0.25, 0.3) is 0 Å². The van der Waals surface area contributed by atoms with Crippen molar-refractivity contribution in [1.29, 1.82) is 0 Å². The maximum Gasteiger partial charge on any atom is 0.242 e. The van der Waals surface area contributed by atoms with Crippen molar-refractivity contribution in [3.8, 4) is 5.75 Å². The van der Waals surface area contributed by atoms with Crippen molar-refractivity contribution in [3.63, 3.8) is 0 Å². The van der Waals surface area contributed by atoms with Crippen LogP contribution in [0.15, 0.2) is 59.5 Å². The molecule has 0 fully saturated rings. The Morgan fingerprint density at radius 3 is 2.23 bits per heavy atom. The maximum absolute atomic E-state index is 11.9. The molecule has 2 rings (SSSR count). The predicted molar refractivity (Wildman–Crippen MR) is 87.7 cm³/mol. The third-order valence-corrected chi connectivity index (χ3v) is 4.91. The zero-order valence-electron chi connectivity index (χ0n) is 12.7. The summed E-state index contributed by atoms with van der Waals surface area (Å²) in [5, 5.41) is 3.24. The van der Waals surface area contributed by atoms with Crippen molar-refractivity contribution in [2.75, 3.05) is 32.6 Å². The molecule has 2 aromatic rings. The first-order valence-electron chi connectivity index (χ1n) is 6.94. The van der Waals surface area contributed by atoms with E-state index in [1.165, 1.54) is 18.4 Å². The minimum atomic E-state index is -3.39. The molecule has 0 aliphatic rings. The predicted octanol–water partition coefficient (Wildman–Crippen LogP) is 2.43. The third kappa shape index (κ3) is 4.22. The molecule has 0 bridgehead atoms. The fraction of sp³-hybridized carbons (Fsp3) is 0.250. The van der Waals surface area contributed by atoms with Gasteiger partial charge < -0.3 is 10.1 Å². The summed E-state index contributed by atoms with van der Waals surface area (Å²) in [7, 11) is -0.372. The van der Waals surface area contributed by atoms with E-state index in [1.807, 2.05) is 30.3 Å². The molecular formula is C16H20N2O3S. The van der Waals surface area contributed by atoms with Gasteiger partial charge in [-0.1, -0.05) is 18.2 Å². The zero-order valence-corrected chi connectivity index (χ0v) is 13.5. The van der Waals surface area contributed by atoms with Crippen LogP contribution in [0, 0.1) is 0 Å². The van der Waals surface area contributed by atoms with Crippen molar-refractivity contribution < 1.29 is 13.2 Å². The zero-order chi connectivity index (χ0) is 16.0. The number of rotatable bonds is 7. The Morgan fingerprint density at radius 2 is 1.64 bits per heavy atom. The summed E-state index contributed by atoms with van der Waals surface area (Å²) in [6.45, 7) is 1.16. The Hall–Kier alpha value is -2.05. The fourth-order valence-corrected chi connectivity index (χ4v) is 2.74. The van der Waals surface area contributed by atoms with Gasteiger partial charge in [0, 0.05) is 26.3 Å². The molecule has 0 saturated carbocycles. The molecule has 0 aliphatic heterocycles. The van der Waals surface area contributed by atoms with Crippen molar-refractivity contribution in [3.05, 3.63) is 54.6 Å². The quantitative estimate of drug-likeness (QED) is 0.796. The molecule has 0 spiro atoms. The van der Waals surface area contributed by atoms with Gasteiger partial charge in [0.25, 0.3) is 0 Å². The lowest BCUT2D eigenvalue weighted by molar-refractivity contribution is 0.332. The first-order valence-corrected chi connectivity index (χ1v) is 8.38. The molecule has 118 valence electrons. The van der Waals surface area contributed by atoms with Gasteiger partial charge in [0.1, 0.15) is 12.4 Å². The highest BCUT2D eigenvalue weighted by molar-refractivity contribution is 7.89. The van der Waals surface area contributed by atoms with Crippen LogP contribution < -0.4 is 10.1 Å². The molecule has 0 radical (unpaired) electrons. The van der Waals surface area contributed by atoms with Gasteiger partial charge in [0.05, 0.1) is 4.90 Å². The number of nitrogens with zero attached hydrogens (tertiary/aromatic N) is 1. The van der Waals surface area contributed by atoms with Gasteiger partial charge in [-0.2, -0.15) is 0 Å². The van der Waals surface area contributed by atoms with E-state index in [2.05, 4.69) is 5.32 Å². The molecule has 0 aromatic heterocycles. The second kappa shape index (κ2) is 7.29. The van der Waals surface area contributed by atoms with Crippen molar-refractivity contribution in [2.24, 2.45) is 0 Å². The van der Waals surface area contributed by atoms with Gasteiger partial charge in [-0.15, -0.1) is 0 Å². The highest BCUT2D eigenvalue weighted by Crippen LogP contribution is 2.18. The number of anilines is 1. The summed E-state index contributed by atoms with van der Waals surface area (Å²) in [5.41, 5.74) is 1.04. The van der Waals surface area contributed by atoms with Crippen LogP contribution in [-0.4, -0.2) is 40.0 Å². The standard InChI is InChI=1S/C16H20N2O3S/c1-18(2)22(19,20)16-10-8-15(9-11-16)21-13-12-17-14-6-4-3-5-7-14/h3-11,17H,12-13H2,1-2H3. The number of sulfonamides is 1. The van der Waals surface area contributed by atoms with Crippen LogP contribution in [0.2, 0.25) is 0 Å². The third-order valence-electron chi connectivity index (χ3n) is 3.08. The number of benzene rings is 2. The summed E-state index contributed by atoms with van der Waals surface area (Å²) < 4.78 is 30.6. The Balaban J connectivity index is 1.84. The molecule has 0 amide bonds. The largest absolute Gasteiger partial charge is 0.492 e. The monoisotopic (exact) mass is 320 g/mol. The van der Waals surface area contributed by atoms with Gasteiger partial charge >= 0.3 is 0 Å². The highest BCUT2D eigenvalue weighted by atomic mass is 32.2. The Kier molecular flexibility index (Phi) is 5.41. The number of hydrogen-bond acceptors (Lipinski definition) is 4. The Morgan fingerprint density at radius 1 is 1.00 bits per heavy atom. The molecule has 2 aromatic carbocycles. The van der Waals surface area contributed by atoms with Gasteiger partial charge in [0.2, 0.25) is 10.0 Å². The van der Waals surface area contributed by atoms with E-state index >= 15 is 0 Å². The van der Waals surface area contributed by atoms with E-state index in [9.17, 15) is 8.42 Å². The number of ether oxygens (including phenoxy) is 1. The van der Waals surface area contributed by atoms with E-state index in [0.29, 0.717) is 18.9 Å². The maximum atomic E-state index is 11.9. The molecular weight excluding hydrogens is 300 g/mol. The molecule has 6 heteroatoms. The molecule has 1 N–H and O–H groups in total. The van der Waals surface area contributed by atoms with E-state index in [1.54, 1.807) is 24.3 Å². The fourth-order valence-electron chi connectivity index (χ4n) is 1.84. The summed E-state index contributed by atoms with van der Waals surface area (Å²) in [5.74, 6) is 0.646. The van der Waals surface area contributed by atoms with Gasteiger partial charge in [0.15, 0.2) is 0 Å². The van der Waals surface area contributed by atoms with E-state index < -0.39 is 10.0 Å². The summed E-state index contributed by atoms with van der Waals surface area (Å²) in [6.07, 6.45) is 0. The lowest BCUT2D eigenvalue weighted by atomic mass is 10.3. The molecule has 0 atom stereocenters. The van der Waals surface area contributed by atoms with Gasteiger partial charge in [-0.3, -0.25) is 0 Å². The minimum absolute atomic E-state index is 0.257. The summed E-state index contributed by atoms with van der Waals surface area (Å²) >= 11 is 0. The van der Waals surface area contributed by atoms with Crippen LogP contribution in [-0.2, 0) is 10.0 Å². The molecule has 5 nitrogen and oxygen atoms in total. The summed E-state index contributed by atoms with van der Waals surface area (Å²) in [6, 6.07) is 16.3. The van der Waals surface area contributed by atoms with Crippen LogP contribution in [0.3, 0.4) is 0 Å². The second-order valence-electron chi connectivity index (χ2n) is 4.90. The van der Waals surface area contributed by atoms with E-state index in [-0.39, 0.29) is 4.90 Å². The van der Waals surface area contributed by atoms with Crippen LogP contribution in [0.5, 0.6) is 5.75 Å². The van der Waals surface area contributed by atoms with Crippen LogP contribution >= 0.6 is 0 Å². The average Bonchev–Trinajstić information content (AvgIpc) is 2.53. The smallest absolute Gasteiger partial charge is 0.242 e. The molecule has 0 saturated heterocycles. The van der Waals surface area contributed by atoms with Crippen LogP contribution in [0.4, 0.5) is 5.69 Å². The number of nitrogens with one attached hydrogen (secondary N) is 1. The minimum Gasteiger partial charge on any atom is -0.492 e. The van der Waals surface area contributed by atoms with E-state index in [0.717, 1.165) is 5.69 Å². The lowest BCUT2D eigenvalue weighted by Gasteiger charge is -2.12. The van der Waals surface area contributed by atoms with E-state index in [4.69, 9.17) is 4.74 Å². The average molecular weight is 320 g/mol. The van der Waals surface area contributed by atoms with Gasteiger partial charge in [-0.25, -0.2) is 12.7 Å². The SMILES string of the molecule is CN(C)S(=O)(=O)c1ccc(OCCNc2ccccc2)cc1. The molecule has 22 heavy (non-hydrogen) atoms. The molecule has 0 heterocycles. The highest BCUT2D eigenvalue weighted by Gasteiger charge is 2.16. The Labute approximate surface area is 131 Å². The second-order valence-corrected chi connectivity index (χ2v) is 7.05. The Bertz CT molecular complexity index is 683. The number of para-hydroxylation sites is 1. The van der Waals surface area contributed by atoms with Crippen molar-refractivity contribution in [1.82, 2.24) is 4.31 Å². The topological polar surface area (TPSA) is 58.6 Å². The summed E-state index contributed by atoms with van der Waals surface area (Å²) in [4.78, 5) is 0.257. The first-order chi connectivity index (χ1) is 10.5. The molecule has 0 aliphatic carbocycles. The first kappa shape index (κ1) is 16.3.